The van der Waals surface area contributed by atoms with Crippen LogP contribution in [-0.4, -0.2) is 78.2 Å². The van der Waals surface area contributed by atoms with Crippen molar-refractivity contribution >= 4 is 22.6 Å². The SMILES string of the molecule is CN1CCN(c2ccc(-c3[nH]nc4nc(-c5cccc(C(=O)N(C)C)c5)ccc34)cc2)CC1. The number of benzene rings is 2. The minimum atomic E-state index is -0.0278. The fraction of sp³-hybridized carbons (Fsp3) is 0.269. The molecular formula is C26H28N6O. The first-order valence-electron chi connectivity index (χ1n) is 11.2. The van der Waals surface area contributed by atoms with E-state index in [1.165, 1.54) is 5.69 Å². The Hall–Kier alpha value is -3.71. The van der Waals surface area contributed by atoms with E-state index >= 15 is 0 Å². The van der Waals surface area contributed by atoms with Gasteiger partial charge in [0.25, 0.3) is 5.91 Å². The Labute approximate surface area is 193 Å². The van der Waals surface area contributed by atoms with E-state index in [4.69, 9.17) is 4.98 Å². The molecule has 0 bridgehead atoms. The second-order valence-electron chi connectivity index (χ2n) is 8.78. The number of amides is 1. The van der Waals surface area contributed by atoms with Crippen molar-refractivity contribution in [2.75, 3.05) is 52.2 Å². The van der Waals surface area contributed by atoms with Crippen LogP contribution in [0.15, 0.2) is 60.7 Å². The van der Waals surface area contributed by atoms with Crippen LogP contribution >= 0.6 is 0 Å². The van der Waals surface area contributed by atoms with Crippen molar-refractivity contribution in [2.24, 2.45) is 0 Å². The van der Waals surface area contributed by atoms with Gasteiger partial charge in [-0.05, 0) is 43.4 Å². The lowest BCUT2D eigenvalue weighted by molar-refractivity contribution is 0.0827. The molecular weight excluding hydrogens is 412 g/mol. The van der Waals surface area contributed by atoms with E-state index in [1.54, 1.807) is 19.0 Å². The number of aromatic amines is 1. The first-order valence-corrected chi connectivity index (χ1v) is 11.2. The van der Waals surface area contributed by atoms with Crippen LogP contribution < -0.4 is 4.90 Å². The number of nitrogens with zero attached hydrogens (tertiary/aromatic N) is 5. The third-order valence-corrected chi connectivity index (χ3v) is 6.25. The second kappa shape index (κ2) is 8.67. The Morgan fingerprint density at radius 2 is 1.70 bits per heavy atom. The van der Waals surface area contributed by atoms with Gasteiger partial charge in [-0.2, -0.15) is 5.10 Å². The molecule has 7 heteroatoms. The predicted molar refractivity (Wildman–Crippen MR) is 132 cm³/mol. The highest BCUT2D eigenvalue weighted by atomic mass is 16.2. The number of carbonyl (C=O) groups excluding carboxylic acids is 1. The number of hydrogen-bond acceptors (Lipinski definition) is 5. The van der Waals surface area contributed by atoms with Gasteiger partial charge >= 0.3 is 0 Å². The van der Waals surface area contributed by atoms with Crippen LogP contribution in [0.4, 0.5) is 5.69 Å². The molecule has 1 aliphatic heterocycles. The van der Waals surface area contributed by atoms with Gasteiger partial charge in [0.05, 0.1) is 11.4 Å². The molecule has 1 N–H and O–H groups in total. The molecule has 2 aromatic carbocycles. The fourth-order valence-electron chi connectivity index (χ4n) is 4.25. The highest BCUT2D eigenvalue weighted by molar-refractivity contribution is 5.96. The number of rotatable bonds is 4. The number of fused-ring (bicyclic) bond motifs is 1. The monoisotopic (exact) mass is 440 g/mol. The van der Waals surface area contributed by atoms with Crippen LogP contribution in [0.25, 0.3) is 33.5 Å². The maximum absolute atomic E-state index is 12.3. The summed E-state index contributed by atoms with van der Waals surface area (Å²) in [6, 6.07) is 20.2. The van der Waals surface area contributed by atoms with Gasteiger partial charge in [-0.15, -0.1) is 0 Å². The molecule has 3 heterocycles. The van der Waals surface area contributed by atoms with Crippen LogP contribution in [-0.2, 0) is 0 Å². The molecule has 0 atom stereocenters. The molecule has 0 saturated carbocycles. The lowest BCUT2D eigenvalue weighted by Crippen LogP contribution is -2.44. The number of likely N-dealkylation sites (N-methyl/N-ethyl adjacent to an activating group) is 1. The molecule has 1 aliphatic rings. The van der Waals surface area contributed by atoms with E-state index in [-0.39, 0.29) is 5.91 Å². The van der Waals surface area contributed by atoms with Crippen molar-refractivity contribution < 1.29 is 4.79 Å². The van der Waals surface area contributed by atoms with Gasteiger partial charge in [-0.1, -0.05) is 24.3 Å². The number of hydrogen-bond donors (Lipinski definition) is 1. The fourth-order valence-corrected chi connectivity index (χ4v) is 4.25. The summed E-state index contributed by atoms with van der Waals surface area (Å²) in [5.74, 6) is -0.0278. The first kappa shape index (κ1) is 21.2. The molecule has 1 fully saturated rings. The maximum atomic E-state index is 12.3. The van der Waals surface area contributed by atoms with E-state index in [0.717, 1.165) is 54.1 Å². The summed E-state index contributed by atoms with van der Waals surface area (Å²) in [6.45, 7) is 4.29. The van der Waals surface area contributed by atoms with Crippen molar-refractivity contribution in [3.8, 4) is 22.5 Å². The minimum absolute atomic E-state index is 0.0278. The zero-order valence-electron chi connectivity index (χ0n) is 19.2. The molecule has 0 aliphatic carbocycles. The van der Waals surface area contributed by atoms with Crippen LogP contribution in [0.2, 0.25) is 0 Å². The predicted octanol–water partition coefficient (Wildman–Crippen LogP) is 3.75. The molecule has 168 valence electrons. The lowest BCUT2D eigenvalue weighted by atomic mass is 10.0. The number of nitrogens with one attached hydrogen (secondary N) is 1. The summed E-state index contributed by atoms with van der Waals surface area (Å²) in [5, 5.41) is 8.60. The Morgan fingerprint density at radius 1 is 0.939 bits per heavy atom. The van der Waals surface area contributed by atoms with E-state index in [2.05, 4.69) is 51.3 Å². The summed E-state index contributed by atoms with van der Waals surface area (Å²) in [7, 11) is 5.67. The van der Waals surface area contributed by atoms with Crippen molar-refractivity contribution in [3.05, 3.63) is 66.2 Å². The smallest absolute Gasteiger partial charge is 0.253 e. The summed E-state index contributed by atoms with van der Waals surface area (Å²) in [6.07, 6.45) is 0. The summed E-state index contributed by atoms with van der Waals surface area (Å²) in [5.41, 5.74) is 6.29. The molecule has 7 nitrogen and oxygen atoms in total. The Kier molecular flexibility index (Phi) is 5.56. The van der Waals surface area contributed by atoms with Crippen molar-refractivity contribution in [2.45, 2.75) is 0 Å². The van der Waals surface area contributed by atoms with Gasteiger partial charge in [-0.25, -0.2) is 4.98 Å². The van der Waals surface area contributed by atoms with Crippen molar-refractivity contribution in [3.63, 3.8) is 0 Å². The van der Waals surface area contributed by atoms with E-state index in [1.807, 2.05) is 36.4 Å². The van der Waals surface area contributed by atoms with Crippen LogP contribution in [0.5, 0.6) is 0 Å². The topological polar surface area (TPSA) is 68.4 Å². The van der Waals surface area contributed by atoms with Crippen LogP contribution in [0.3, 0.4) is 0 Å². The zero-order chi connectivity index (χ0) is 22.9. The van der Waals surface area contributed by atoms with Crippen LogP contribution in [0, 0.1) is 0 Å². The Bertz CT molecular complexity index is 1290. The summed E-state index contributed by atoms with van der Waals surface area (Å²) < 4.78 is 0. The summed E-state index contributed by atoms with van der Waals surface area (Å²) >= 11 is 0. The summed E-state index contributed by atoms with van der Waals surface area (Å²) in [4.78, 5) is 23.4. The number of pyridine rings is 1. The van der Waals surface area contributed by atoms with Crippen LogP contribution in [0.1, 0.15) is 10.4 Å². The molecule has 0 radical (unpaired) electrons. The quantitative estimate of drug-likeness (QED) is 0.524. The lowest BCUT2D eigenvalue weighted by Gasteiger charge is -2.34. The largest absolute Gasteiger partial charge is 0.369 e. The number of aromatic nitrogens is 3. The van der Waals surface area contributed by atoms with Gasteiger partial charge in [0, 0.05) is 68.0 Å². The average molecular weight is 441 g/mol. The molecule has 2 aromatic heterocycles. The van der Waals surface area contributed by atoms with E-state index in [9.17, 15) is 4.79 Å². The van der Waals surface area contributed by atoms with Gasteiger partial charge in [0.15, 0.2) is 5.65 Å². The molecule has 1 saturated heterocycles. The van der Waals surface area contributed by atoms with Gasteiger partial charge in [-0.3, -0.25) is 9.89 Å². The standard InChI is InChI=1S/C26H28N6O/c1-30(2)26(33)20-6-4-5-19(17-20)23-12-11-22-24(28-29-25(22)27-23)18-7-9-21(10-8-18)32-15-13-31(3)14-16-32/h4-12,17H,13-16H2,1-3H3,(H,27,28,29). The van der Waals surface area contributed by atoms with Gasteiger partial charge in [0.1, 0.15) is 0 Å². The molecule has 5 rings (SSSR count). The van der Waals surface area contributed by atoms with E-state index < -0.39 is 0 Å². The number of H-pyrrole nitrogens is 1. The van der Waals surface area contributed by atoms with Gasteiger partial charge in [0.2, 0.25) is 0 Å². The number of piperazine rings is 1. The number of anilines is 1. The third-order valence-electron chi connectivity index (χ3n) is 6.25. The highest BCUT2D eigenvalue weighted by Crippen LogP contribution is 2.29. The molecule has 33 heavy (non-hydrogen) atoms. The first-order chi connectivity index (χ1) is 16.0. The highest BCUT2D eigenvalue weighted by Gasteiger charge is 2.16. The third kappa shape index (κ3) is 4.19. The molecule has 0 spiro atoms. The second-order valence-corrected chi connectivity index (χ2v) is 8.78. The Balaban J connectivity index is 1.41. The average Bonchev–Trinajstić information content (AvgIpc) is 3.27. The van der Waals surface area contributed by atoms with E-state index in [0.29, 0.717) is 11.2 Å². The minimum Gasteiger partial charge on any atom is -0.369 e. The van der Waals surface area contributed by atoms with Crippen molar-refractivity contribution in [1.29, 1.82) is 0 Å². The Morgan fingerprint density at radius 3 is 2.42 bits per heavy atom. The maximum Gasteiger partial charge on any atom is 0.253 e. The normalized spacial score (nSPS) is 14.6. The molecule has 1 amide bonds. The molecule has 4 aromatic rings. The van der Waals surface area contributed by atoms with Gasteiger partial charge < -0.3 is 14.7 Å². The van der Waals surface area contributed by atoms with Crippen molar-refractivity contribution in [1.82, 2.24) is 25.0 Å². The zero-order valence-corrected chi connectivity index (χ0v) is 19.2. The number of carbonyl (C=O) groups is 1. The molecule has 0 unspecified atom stereocenters.